The number of para-hydroxylation sites is 2. The van der Waals surface area contributed by atoms with Gasteiger partial charge < -0.3 is 25.4 Å². The maximum Gasteiger partial charge on any atom is 0.328 e. The zero-order valence-corrected chi connectivity index (χ0v) is 23.8. The Morgan fingerprint density at radius 1 is 1.05 bits per heavy atom. The maximum atomic E-state index is 13.2. The van der Waals surface area contributed by atoms with Crippen LogP contribution in [0, 0.1) is 0 Å². The molecule has 1 atom stereocenters. The summed E-state index contributed by atoms with van der Waals surface area (Å²) in [7, 11) is 0. The third kappa shape index (κ3) is 6.73. The second-order valence-corrected chi connectivity index (χ2v) is 10.6. The van der Waals surface area contributed by atoms with Gasteiger partial charge in [0.25, 0.3) is 11.8 Å². The molecule has 3 aromatic rings. The number of carbonyl (C=O) groups excluding carboxylic acids is 2. The van der Waals surface area contributed by atoms with Gasteiger partial charge in [-0.15, -0.1) is 0 Å². The molecule has 2 amide bonds. The predicted octanol–water partition coefficient (Wildman–Crippen LogP) is 5.83. The summed E-state index contributed by atoms with van der Waals surface area (Å²) in [5, 5.41) is 16.1. The van der Waals surface area contributed by atoms with Crippen molar-refractivity contribution in [2.75, 3.05) is 29.4 Å². The Kier molecular flexibility index (Phi) is 9.50. The van der Waals surface area contributed by atoms with Crippen molar-refractivity contribution in [3.63, 3.8) is 0 Å². The number of fused-ring (bicyclic) bond motifs is 1. The van der Waals surface area contributed by atoms with E-state index in [2.05, 4.69) is 15.4 Å². The lowest BCUT2D eigenvalue weighted by Crippen LogP contribution is -2.45. The molecule has 0 bridgehead atoms. The first-order chi connectivity index (χ1) is 18.7. The minimum absolute atomic E-state index is 0.00487. The number of anilines is 2. The van der Waals surface area contributed by atoms with Gasteiger partial charge >= 0.3 is 5.97 Å². The minimum Gasteiger partial charge on any atom is -0.480 e. The number of nitrogens with one attached hydrogen (secondary N) is 3. The first kappa shape index (κ1) is 28.9. The average molecular weight is 608 g/mol. The summed E-state index contributed by atoms with van der Waals surface area (Å²) in [5.74, 6) is -2.07. The van der Waals surface area contributed by atoms with Gasteiger partial charge in [0.2, 0.25) is 0 Å². The first-order valence-electron chi connectivity index (χ1n) is 11.9. The van der Waals surface area contributed by atoms with Crippen LogP contribution in [-0.2, 0) is 17.8 Å². The lowest BCUT2D eigenvalue weighted by Gasteiger charge is -2.30. The molecule has 0 radical (unpaired) electrons. The van der Waals surface area contributed by atoms with Crippen LogP contribution in [0.1, 0.15) is 31.8 Å². The largest absolute Gasteiger partial charge is 0.480 e. The Bertz CT molecular complexity index is 1400. The molecule has 0 fully saturated rings. The molecule has 0 aliphatic carbocycles. The van der Waals surface area contributed by atoms with Gasteiger partial charge in [0.1, 0.15) is 6.04 Å². The molecular formula is C27H25Cl3N4O4S. The van der Waals surface area contributed by atoms with Crippen molar-refractivity contribution in [3.8, 4) is 0 Å². The molecule has 1 heterocycles. The van der Waals surface area contributed by atoms with Crippen molar-refractivity contribution in [3.05, 3.63) is 91.9 Å². The summed E-state index contributed by atoms with van der Waals surface area (Å²) >= 11 is 20.5. The second kappa shape index (κ2) is 12.8. The number of rotatable bonds is 9. The first-order valence-corrected chi connectivity index (χ1v) is 14.3. The van der Waals surface area contributed by atoms with Crippen LogP contribution in [0.15, 0.2) is 54.6 Å². The van der Waals surface area contributed by atoms with Gasteiger partial charge in [-0.3, -0.25) is 9.59 Å². The molecule has 39 heavy (non-hydrogen) atoms. The van der Waals surface area contributed by atoms with Crippen molar-refractivity contribution in [2.24, 2.45) is 0 Å². The van der Waals surface area contributed by atoms with E-state index in [1.54, 1.807) is 41.3 Å². The van der Waals surface area contributed by atoms with Crippen LogP contribution >= 0.6 is 46.8 Å². The van der Waals surface area contributed by atoms with Crippen molar-refractivity contribution < 1.29 is 19.5 Å². The molecule has 12 heteroatoms. The van der Waals surface area contributed by atoms with E-state index in [0.29, 0.717) is 34.8 Å². The van der Waals surface area contributed by atoms with Crippen LogP contribution < -0.4 is 15.4 Å². The molecule has 1 aliphatic heterocycles. The van der Waals surface area contributed by atoms with Crippen LogP contribution in [0.2, 0.25) is 15.1 Å². The SMILES string of the molecule is CSNc1ccccc1NC[C@H](NC(=O)c1c(Cl)cc2c(c1Cl)CCN(C(=O)c1ccc(Cl)cc1)C2)C(=O)O. The number of amides is 2. The number of hydrogen-bond acceptors (Lipinski definition) is 6. The van der Waals surface area contributed by atoms with E-state index in [9.17, 15) is 19.5 Å². The molecule has 0 unspecified atom stereocenters. The Balaban J connectivity index is 1.49. The molecule has 4 N–H and O–H groups in total. The average Bonchev–Trinajstić information content (AvgIpc) is 2.91. The van der Waals surface area contributed by atoms with Gasteiger partial charge in [-0.2, -0.15) is 0 Å². The Labute approximate surface area is 245 Å². The van der Waals surface area contributed by atoms with Gasteiger partial charge in [0.05, 0.1) is 27.0 Å². The number of carboxylic acid groups (broad SMARTS) is 1. The monoisotopic (exact) mass is 606 g/mol. The number of nitrogens with zero attached hydrogens (tertiary/aromatic N) is 1. The lowest BCUT2D eigenvalue weighted by molar-refractivity contribution is -0.138. The van der Waals surface area contributed by atoms with Crippen molar-refractivity contribution in [2.45, 2.75) is 19.0 Å². The maximum absolute atomic E-state index is 13.2. The van der Waals surface area contributed by atoms with Crippen LogP contribution in [0.4, 0.5) is 11.4 Å². The number of carbonyl (C=O) groups is 3. The van der Waals surface area contributed by atoms with Crippen LogP contribution in [0.5, 0.6) is 0 Å². The van der Waals surface area contributed by atoms with Crippen LogP contribution in [0.25, 0.3) is 0 Å². The second-order valence-electron chi connectivity index (χ2n) is 8.77. The van der Waals surface area contributed by atoms with Gasteiger partial charge in [-0.1, -0.05) is 58.9 Å². The van der Waals surface area contributed by atoms with E-state index in [-0.39, 0.29) is 34.6 Å². The molecule has 8 nitrogen and oxygen atoms in total. The minimum atomic E-state index is -1.25. The topological polar surface area (TPSA) is 111 Å². The summed E-state index contributed by atoms with van der Waals surface area (Å²) < 4.78 is 3.12. The zero-order chi connectivity index (χ0) is 28.1. The molecule has 4 rings (SSSR count). The predicted molar refractivity (Wildman–Crippen MR) is 157 cm³/mol. The smallest absolute Gasteiger partial charge is 0.328 e. The van der Waals surface area contributed by atoms with E-state index in [1.807, 2.05) is 24.5 Å². The fourth-order valence-electron chi connectivity index (χ4n) is 4.29. The van der Waals surface area contributed by atoms with E-state index in [0.717, 1.165) is 11.3 Å². The van der Waals surface area contributed by atoms with Crippen LogP contribution in [0.3, 0.4) is 0 Å². The quantitative estimate of drug-likeness (QED) is 0.227. The van der Waals surface area contributed by atoms with E-state index < -0.39 is 17.9 Å². The molecular weight excluding hydrogens is 583 g/mol. The Hall–Kier alpha value is -3.11. The van der Waals surface area contributed by atoms with Gasteiger partial charge in [-0.25, -0.2) is 4.79 Å². The molecule has 0 saturated heterocycles. The number of hydrogen-bond donors (Lipinski definition) is 4. The Morgan fingerprint density at radius 2 is 1.74 bits per heavy atom. The molecule has 204 valence electrons. The summed E-state index contributed by atoms with van der Waals surface area (Å²) in [4.78, 5) is 39.8. The van der Waals surface area contributed by atoms with E-state index in [4.69, 9.17) is 34.8 Å². The third-order valence-corrected chi connectivity index (χ3v) is 7.64. The van der Waals surface area contributed by atoms with E-state index >= 15 is 0 Å². The van der Waals surface area contributed by atoms with Crippen molar-refractivity contribution in [1.82, 2.24) is 10.2 Å². The summed E-state index contributed by atoms with van der Waals surface area (Å²) in [6.45, 7) is 0.585. The third-order valence-electron chi connectivity index (χ3n) is 6.25. The standard InChI is InChI=1S/C27H25Cl3N4O4S/c1-39-33-21-5-3-2-4-20(21)31-13-22(27(37)38)32-25(35)23-19(29)12-16-14-34(11-10-18(16)24(23)30)26(36)15-6-8-17(28)9-7-15/h2-9,12,22,31,33H,10-11,13-14H2,1H3,(H,32,35)(H,37,38)/t22-/m0/s1. The highest BCUT2D eigenvalue weighted by atomic mass is 35.5. The van der Waals surface area contributed by atoms with Gasteiger partial charge in [0.15, 0.2) is 0 Å². The lowest BCUT2D eigenvalue weighted by atomic mass is 9.96. The highest BCUT2D eigenvalue weighted by Gasteiger charge is 2.29. The van der Waals surface area contributed by atoms with Crippen molar-refractivity contribution >= 4 is 75.9 Å². The molecule has 0 saturated carbocycles. The Morgan fingerprint density at radius 3 is 2.41 bits per heavy atom. The highest BCUT2D eigenvalue weighted by molar-refractivity contribution is 7.99. The highest BCUT2D eigenvalue weighted by Crippen LogP contribution is 2.35. The fraction of sp³-hybridized carbons (Fsp3) is 0.222. The molecule has 3 aromatic carbocycles. The molecule has 0 spiro atoms. The molecule has 1 aliphatic rings. The van der Waals surface area contributed by atoms with Gasteiger partial charge in [0, 0.05) is 36.5 Å². The summed E-state index contributed by atoms with van der Waals surface area (Å²) in [6.07, 6.45) is 2.28. The number of halogens is 3. The van der Waals surface area contributed by atoms with Crippen LogP contribution in [-0.4, -0.2) is 53.2 Å². The number of benzene rings is 3. The summed E-state index contributed by atoms with van der Waals surface area (Å²) in [6, 6.07) is 14.3. The summed E-state index contributed by atoms with van der Waals surface area (Å²) in [5.41, 5.74) is 3.42. The normalized spacial score (nSPS) is 13.3. The van der Waals surface area contributed by atoms with Gasteiger partial charge in [-0.05, 0) is 60.0 Å². The van der Waals surface area contributed by atoms with Crippen molar-refractivity contribution in [1.29, 1.82) is 0 Å². The fourth-order valence-corrected chi connectivity index (χ4v) is 5.57. The zero-order valence-electron chi connectivity index (χ0n) is 20.8. The molecule has 0 aromatic heterocycles. The number of aliphatic carboxylic acids is 1. The van der Waals surface area contributed by atoms with E-state index in [1.165, 1.54) is 11.9 Å². The number of carboxylic acids is 1.